The number of aryl methyl sites for hydroxylation is 1. The topological polar surface area (TPSA) is 79.4 Å². The van der Waals surface area contributed by atoms with Gasteiger partial charge >= 0.3 is 0 Å². The summed E-state index contributed by atoms with van der Waals surface area (Å²) in [6, 6.07) is 22.0. The van der Waals surface area contributed by atoms with Gasteiger partial charge in [-0.25, -0.2) is 9.97 Å². The van der Waals surface area contributed by atoms with Crippen molar-refractivity contribution in [1.82, 2.24) is 25.1 Å². The fraction of sp³-hybridized carbons (Fsp3) is 0.0435. The number of pyridine rings is 1. The van der Waals surface area contributed by atoms with Gasteiger partial charge in [0.25, 0.3) is 0 Å². The summed E-state index contributed by atoms with van der Waals surface area (Å²) >= 11 is 2.33. The molecule has 0 saturated carbocycles. The number of aromatic amines is 1. The molecule has 0 atom stereocenters. The first kappa shape index (κ1) is 18.7. The Bertz CT molecular complexity index is 1350. The second kappa shape index (κ2) is 7.83. The van der Waals surface area contributed by atoms with Crippen LogP contribution < -0.4 is 5.32 Å². The summed E-state index contributed by atoms with van der Waals surface area (Å²) in [5.74, 6) is 1.17. The van der Waals surface area contributed by atoms with E-state index in [-0.39, 0.29) is 0 Å². The van der Waals surface area contributed by atoms with E-state index in [0.29, 0.717) is 11.8 Å². The van der Waals surface area contributed by atoms with Gasteiger partial charge in [-0.2, -0.15) is 5.10 Å². The predicted octanol–water partition coefficient (Wildman–Crippen LogP) is 5.74. The van der Waals surface area contributed by atoms with Crippen LogP contribution in [0.3, 0.4) is 0 Å². The molecule has 3 heterocycles. The quantitative estimate of drug-likeness (QED) is 0.306. The fourth-order valence-corrected chi connectivity index (χ4v) is 4.01. The number of nitrogens with zero attached hydrogens (tertiary/aromatic N) is 4. The van der Waals surface area contributed by atoms with Gasteiger partial charge in [0, 0.05) is 20.7 Å². The first-order valence-corrected chi connectivity index (χ1v) is 10.5. The van der Waals surface area contributed by atoms with E-state index in [1.165, 1.54) is 0 Å². The molecule has 30 heavy (non-hydrogen) atoms. The Kier molecular flexibility index (Phi) is 4.88. The van der Waals surface area contributed by atoms with Crippen LogP contribution in [0, 0.1) is 10.5 Å². The third-order valence-electron chi connectivity index (χ3n) is 4.84. The first-order chi connectivity index (χ1) is 14.7. The zero-order valence-corrected chi connectivity index (χ0v) is 18.3. The lowest BCUT2D eigenvalue weighted by Crippen LogP contribution is -2.02. The van der Waals surface area contributed by atoms with E-state index in [4.69, 9.17) is 9.97 Å². The number of rotatable bonds is 4. The molecule has 5 aromatic rings. The molecular weight excluding hydrogens is 487 g/mol. The van der Waals surface area contributed by atoms with Crippen molar-refractivity contribution in [2.45, 2.75) is 6.92 Å². The van der Waals surface area contributed by atoms with Crippen LogP contribution in [-0.4, -0.2) is 25.1 Å². The average Bonchev–Trinajstić information content (AvgIpc) is 3.18. The number of hydrogen-bond donors (Lipinski definition) is 2. The first-order valence-electron chi connectivity index (χ1n) is 9.45. The molecule has 2 N–H and O–H groups in total. The van der Waals surface area contributed by atoms with Crippen LogP contribution in [0.15, 0.2) is 72.9 Å². The standard InChI is InChI=1S/C23H17IN6/c1-14-7-6-9-16-21(14)29-30-22(16)28-23-26-19(15-8-2-3-10-17(15)24)13-20(27-23)18-11-4-5-12-25-18/h2-13H,1H3,(H2,26,27,28,29,30). The summed E-state index contributed by atoms with van der Waals surface area (Å²) in [4.78, 5) is 14.0. The second-order valence-corrected chi connectivity index (χ2v) is 8.01. The van der Waals surface area contributed by atoms with Gasteiger partial charge in [-0.1, -0.05) is 36.4 Å². The Labute approximate surface area is 187 Å². The summed E-state index contributed by atoms with van der Waals surface area (Å²) in [5.41, 5.74) is 5.55. The molecule has 0 amide bonds. The number of para-hydroxylation sites is 1. The van der Waals surface area contributed by atoms with Crippen molar-refractivity contribution in [2.75, 3.05) is 5.32 Å². The molecule has 3 aromatic heterocycles. The van der Waals surface area contributed by atoms with E-state index in [9.17, 15) is 0 Å². The average molecular weight is 504 g/mol. The Morgan fingerprint density at radius 1 is 0.867 bits per heavy atom. The normalized spacial score (nSPS) is 11.0. The zero-order valence-electron chi connectivity index (χ0n) is 16.1. The maximum atomic E-state index is 4.79. The van der Waals surface area contributed by atoms with Crippen LogP contribution in [0.2, 0.25) is 0 Å². The van der Waals surface area contributed by atoms with E-state index in [0.717, 1.165) is 42.7 Å². The van der Waals surface area contributed by atoms with Gasteiger partial charge in [-0.15, -0.1) is 0 Å². The van der Waals surface area contributed by atoms with Crippen molar-refractivity contribution in [1.29, 1.82) is 0 Å². The van der Waals surface area contributed by atoms with Gasteiger partial charge < -0.3 is 5.32 Å². The van der Waals surface area contributed by atoms with Crippen molar-refractivity contribution in [3.05, 3.63) is 82.1 Å². The number of fused-ring (bicyclic) bond motifs is 1. The Morgan fingerprint density at radius 2 is 1.70 bits per heavy atom. The summed E-state index contributed by atoms with van der Waals surface area (Å²) in [6.45, 7) is 2.05. The largest absolute Gasteiger partial charge is 0.307 e. The molecule has 0 aliphatic carbocycles. The number of benzene rings is 2. The fourth-order valence-electron chi connectivity index (χ4n) is 3.34. The highest BCUT2D eigenvalue weighted by Gasteiger charge is 2.14. The monoisotopic (exact) mass is 504 g/mol. The van der Waals surface area contributed by atoms with Crippen LogP contribution in [0.4, 0.5) is 11.8 Å². The molecule has 0 saturated heterocycles. The Morgan fingerprint density at radius 3 is 2.53 bits per heavy atom. The summed E-state index contributed by atoms with van der Waals surface area (Å²) in [7, 11) is 0. The van der Waals surface area contributed by atoms with E-state index < -0.39 is 0 Å². The lowest BCUT2D eigenvalue weighted by atomic mass is 10.1. The van der Waals surface area contributed by atoms with Crippen LogP contribution in [0.5, 0.6) is 0 Å². The number of hydrogen-bond acceptors (Lipinski definition) is 5. The van der Waals surface area contributed by atoms with E-state index in [1.54, 1.807) is 6.20 Å². The third-order valence-corrected chi connectivity index (χ3v) is 5.78. The third kappa shape index (κ3) is 3.52. The van der Waals surface area contributed by atoms with E-state index in [2.05, 4.69) is 68.2 Å². The molecule has 0 fully saturated rings. The molecule has 0 spiro atoms. The Hall–Kier alpha value is -3.33. The van der Waals surface area contributed by atoms with Crippen LogP contribution in [0.25, 0.3) is 33.5 Å². The van der Waals surface area contributed by atoms with Gasteiger partial charge in [-0.3, -0.25) is 10.1 Å². The Balaban J connectivity index is 1.64. The molecule has 6 nitrogen and oxygen atoms in total. The van der Waals surface area contributed by atoms with E-state index in [1.807, 2.05) is 48.5 Å². The molecule has 0 aliphatic heterocycles. The maximum absolute atomic E-state index is 4.79. The highest BCUT2D eigenvalue weighted by molar-refractivity contribution is 14.1. The summed E-state index contributed by atoms with van der Waals surface area (Å²) in [6.07, 6.45) is 1.76. The molecular formula is C23H17IN6. The number of anilines is 2. The highest BCUT2D eigenvalue weighted by atomic mass is 127. The minimum Gasteiger partial charge on any atom is -0.307 e. The van der Waals surface area contributed by atoms with Gasteiger partial charge in [-0.05, 0) is 65.4 Å². The van der Waals surface area contributed by atoms with Crippen molar-refractivity contribution >= 4 is 45.3 Å². The molecule has 0 bridgehead atoms. The number of H-pyrrole nitrogens is 1. The molecule has 0 radical (unpaired) electrons. The van der Waals surface area contributed by atoms with Gasteiger partial charge in [0.1, 0.15) is 0 Å². The van der Waals surface area contributed by atoms with Gasteiger partial charge in [0.15, 0.2) is 5.82 Å². The second-order valence-electron chi connectivity index (χ2n) is 6.85. The molecule has 146 valence electrons. The minimum absolute atomic E-state index is 0.475. The number of halogens is 1. The van der Waals surface area contributed by atoms with Crippen LogP contribution in [0.1, 0.15) is 5.56 Å². The maximum Gasteiger partial charge on any atom is 0.229 e. The van der Waals surface area contributed by atoms with Crippen LogP contribution in [-0.2, 0) is 0 Å². The molecule has 5 rings (SSSR count). The molecule has 0 aliphatic rings. The van der Waals surface area contributed by atoms with Crippen molar-refractivity contribution in [3.63, 3.8) is 0 Å². The van der Waals surface area contributed by atoms with Crippen LogP contribution >= 0.6 is 22.6 Å². The zero-order chi connectivity index (χ0) is 20.5. The molecule has 7 heteroatoms. The number of nitrogens with one attached hydrogen (secondary N) is 2. The van der Waals surface area contributed by atoms with Crippen molar-refractivity contribution in [3.8, 4) is 22.6 Å². The summed E-state index contributed by atoms with van der Waals surface area (Å²) < 4.78 is 1.12. The lowest BCUT2D eigenvalue weighted by molar-refractivity contribution is 1.09. The molecule has 0 unspecified atom stereocenters. The SMILES string of the molecule is Cc1cccc2c(Nc3nc(-c4ccccn4)cc(-c4ccccc4I)n3)n[nH]c12. The number of aromatic nitrogens is 5. The van der Waals surface area contributed by atoms with Crippen molar-refractivity contribution < 1.29 is 0 Å². The minimum atomic E-state index is 0.475. The lowest BCUT2D eigenvalue weighted by Gasteiger charge is -2.10. The van der Waals surface area contributed by atoms with Gasteiger partial charge in [0.2, 0.25) is 5.95 Å². The van der Waals surface area contributed by atoms with Gasteiger partial charge in [0.05, 0.1) is 22.6 Å². The smallest absolute Gasteiger partial charge is 0.229 e. The summed E-state index contributed by atoms with van der Waals surface area (Å²) in [5, 5.41) is 11.8. The van der Waals surface area contributed by atoms with Crippen molar-refractivity contribution in [2.24, 2.45) is 0 Å². The predicted molar refractivity (Wildman–Crippen MR) is 128 cm³/mol. The molecule has 2 aromatic carbocycles. The highest BCUT2D eigenvalue weighted by Crippen LogP contribution is 2.30. The van der Waals surface area contributed by atoms with E-state index >= 15 is 0 Å².